The summed E-state index contributed by atoms with van der Waals surface area (Å²) in [6, 6.07) is 6.70. The van der Waals surface area contributed by atoms with Gasteiger partial charge in [-0.05, 0) is 53.6 Å². The van der Waals surface area contributed by atoms with Crippen molar-refractivity contribution in [1.82, 2.24) is 10.2 Å². The molecule has 0 spiro atoms. The van der Waals surface area contributed by atoms with Gasteiger partial charge in [-0.25, -0.2) is 0 Å². The van der Waals surface area contributed by atoms with Crippen LogP contribution in [-0.2, 0) is 6.54 Å². The summed E-state index contributed by atoms with van der Waals surface area (Å²) in [5.41, 5.74) is 1.26. The minimum absolute atomic E-state index is 0.496. The first-order valence-corrected chi connectivity index (χ1v) is 7.44. The molecule has 0 aromatic heterocycles. The van der Waals surface area contributed by atoms with E-state index < -0.39 is 0 Å². The number of halogens is 1. The molecular weight excluding hydrogens is 304 g/mol. The number of hydrogen-bond donors (Lipinski definition) is 1. The van der Waals surface area contributed by atoms with Crippen LogP contribution >= 0.6 is 15.9 Å². The molecule has 1 unspecified atom stereocenters. The highest BCUT2D eigenvalue weighted by atomic mass is 79.9. The average Bonchev–Trinajstić information content (AvgIpc) is 2.34. The molecule has 0 bridgehead atoms. The highest BCUT2D eigenvalue weighted by molar-refractivity contribution is 9.10. The number of likely N-dealkylation sites (N-methyl/N-ethyl adjacent to an activating group) is 1. The molecule has 1 N–H and O–H groups in total. The third kappa shape index (κ3) is 5.51. The molecule has 108 valence electrons. The number of ether oxygens (including phenoxy) is 1. The van der Waals surface area contributed by atoms with Crippen molar-refractivity contribution in [2.75, 3.05) is 27.7 Å². The molecule has 0 aliphatic carbocycles. The van der Waals surface area contributed by atoms with Crippen LogP contribution in [-0.4, -0.2) is 38.7 Å². The molecule has 1 rings (SSSR count). The van der Waals surface area contributed by atoms with E-state index in [1.807, 2.05) is 6.07 Å². The molecule has 0 saturated heterocycles. The van der Waals surface area contributed by atoms with E-state index in [9.17, 15) is 0 Å². The molecule has 4 heteroatoms. The highest BCUT2D eigenvalue weighted by Crippen LogP contribution is 2.25. The lowest BCUT2D eigenvalue weighted by Gasteiger charge is -2.26. The van der Waals surface area contributed by atoms with Crippen molar-refractivity contribution in [2.24, 2.45) is 5.92 Å². The van der Waals surface area contributed by atoms with E-state index in [4.69, 9.17) is 4.74 Å². The second-order valence-electron chi connectivity index (χ2n) is 5.46. The Bertz CT molecular complexity index is 394. The standard InChI is InChI=1S/C15H25BrN2O/c1-11(2)14(10-18(3)4)17-9-12-6-7-15(19-5)13(16)8-12/h6-8,11,14,17H,9-10H2,1-5H3. The van der Waals surface area contributed by atoms with Gasteiger partial charge in [0.05, 0.1) is 11.6 Å². The fraction of sp³-hybridized carbons (Fsp3) is 0.600. The van der Waals surface area contributed by atoms with E-state index in [1.165, 1.54) is 5.56 Å². The number of nitrogens with one attached hydrogen (secondary N) is 1. The minimum Gasteiger partial charge on any atom is -0.496 e. The van der Waals surface area contributed by atoms with Gasteiger partial charge in [-0.15, -0.1) is 0 Å². The van der Waals surface area contributed by atoms with Crippen LogP contribution in [0.4, 0.5) is 0 Å². The van der Waals surface area contributed by atoms with Crippen molar-refractivity contribution in [3.63, 3.8) is 0 Å². The van der Waals surface area contributed by atoms with Gasteiger partial charge in [0.2, 0.25) is 0 Å². The van der Waals surface area contributed by atoms with Gasteiger partial charge in [0.15, 0.2) is 0 Å². The molecule has 1 aromatic rings. The zero-order chi connectivity index (χ0) is 14.4. The normalized spacial score (nSPS) is 13.1. The molecular formula is C15H25BrN2O. The van der Waals surface area contributed by atoms with Crippen molar-refractivity contribution in [2.45, 2.75) is 26.4 Å². The Morgan fingerprint density at radius 1 is 1.32 bits per heavy atom. The first kappa shape index (κ1) is 16.5. The van der Waals surface area contributed by atoms with Gasteiger partial charge in [-0.2, -0.15) is 0 Å². The highest BCUT2D eigenvalue weighted by Gasteiger charge is 2.13. The molecule has 1 aromatic carbocycles. The first-order valence-electron chi connectivity index (χ1n) is 6.64. The fourth-order valence-electron chi connectivity index (χ4n) is 1.97. The van der Waals surface area contributed by atoms with Crippen LogP contribution in [0.5, 0.6) is 5.75 Å². The van der Waals surface area contributed by atoms with E-state index in [-0.39, 0.29) is 0 Å². The number of methoxy groups -OCH3 is 1. The lowest BCUT2D eigenvalue weighted by Crippen LogP contribution is -2.41. The number of benzene rings is 1. The molecule has 19 heavy (non-hydrogen) atoms. The van der Waals surface area contributed by atoms with Gasteiger partial charge in [-0.1, -0.05) is 19.9 Å². The zero-order valence-corrected chi connectivity index (χ0v) is 14.1. The maximum Gasteiger partial charge on any atom is 0.133 e. The largest absolute Gasteiger partial charge is 0.496 e. The Kier molecular flexibility index (Phi) is 6.83. The van der Waals surface area contributed by atoms with E-state index in [0.29, 0.717) is 12.0 Å². The SMILES string of the molecule is COc1ccc(CNC(CN(C)C)C(C)C)cc1Br. The van der Waals surface area contributed by atoms with Gasteiger partial charge in [0.1, 0.15) is 5.75 Å². The lowest BCUT2D eigenvalue weighted by atomic mass is 10.0. The molecule has 0 amide bonds. The average molecular weight is 329 g/mol. The summed E-state index contributed by atoms with van der Waals surface area (Å²) in [5.74, 6) is 1.49. The smallest absolute Gasteiger partial charge is 0.133 e. The molecule has 1 atom stereocenters. The van der Waals surface area contributed by atoms with E-state index >= 15 is 0 Å². The first-order chi connectivity index (χ1) is 8.93. The van der Waals surface area contributed by atoms with Gasteiger partial charge in [0.25, 0.3) is 0 Å². The summed E-state index contributed by atoms with van der Waals surface area (Å²) in [6.45, 7) is 6.44. The molecule has 0 heterocycles. The van der Waals surface area contributed by atoms with Crippen molar-refractivity contribution >= 4 is 15.9 Å². The van der Waals surface area contributed by atoms with Gasteiger partial charge in [-0.3, -0.25) is 0 Å². The molecule has 0 fully saturated rings. The molecule has 0 saturated carbocycles. The van der Waals surface area contributed by atoms with Crippen LogP contribution in [0.25, 0.3) is 0 Å². The lowest BCUT2D eigenvalue weighted by molar-refractivity contribution is 0.288. The van der Waals surface area contributed by atoms with Crippen LogP contribution in [0.1, 0.15) is 19.4 Å². The number of nitrogens with zero attached hydrogens (tertiary/aromatic N) is 1. The maximum atomic E-state index is 5.24. The predicted molar refractivity (Wildman–Crippen MR) is 84.7 cm³/mol. The topological polar surface area (TPSA) is 24.5 Å². The predicted octanol–water partition coefficient (Wildman–Crippen LogP) is 3.13. The van der Waals surface area contributed by atoms with Crippen LogP contribution < -0.4 is 10.1 Å². The summed E-state index contributed by atoms with van der Waals surface area (Å²) in [5, 5.41) is 3.63. The van der Waals surface area contributed by atoms with E-state index in [2.05, 4.69) is 66.2 Å². The third-order valence-corrected chi connectivity index (χ3v) is 3.77. The monoisotopic (exact) mass is 328 g/mol. The summed E-state index contributed by atoms with van der Waals surface area (Å²) >= 11 is 3.52. The zero-order valence-electron chi connectivity index (χ0n) is 12.5. The fourth-order valence-corrected chi connectivity index (χ4v) is 2.56. The van der Waals surface area contributed by atoms with Crippen molar-refractivity contribution < 1.29 is 4.74 Å². The summed E-state index contributed by atoms with van der Waals surface area (Å²) in [4.78, 5) is 2.22. The number of hydrogen-bond acceptors (Lipinski definition) is 3. The Morgan fingerprint density at radius 2 is 2.00 bits per heavy atom. The van der Waals surface area contributed by atoms with Crippen LogP contribution in [0.2, 0.25) is 0 Å². The molecule has 0 radical (unpaired) electrons. The van der Waals surface area contributed by atoms with Gasteiger partial charge < -0.3 is 15.0 Å². The van der Waals surface area contributed by atoms with Gasteiger partial charge >= 0.3 is 0 Å². The molecule has 0 aliphatic heterocycles. The Morgan fingerprint density at radius 3 is 2.47 bits per heavy atom. The quantitative estimate of drug-likeness (QED) is 0.832. The Labute approximate surface area is 125 Å². The Hall–Kier alpha value is -0.580. The van der Waals surface area contributed by atoms with Crippen molar-refractivity contribution in [3.8, 4) is 5.75 Å². The van der Waals surface area contributed by atoms with E-state index in [1.54, 1.807) is 7.11 Å². The maximum absolute atomic E-state index is 5.24. The summed E-state index contributed by atoms with van der Waals surface area (Å²) < 4.78 is 6.25. The van der Waals surface area contributed by atoms with Crippen molar-refractivity contribution in [3.05, 3.63) is 28.2 Å². The van der Waals surface area contributed by atoms with Crippen LogP contribution in [0, 0.1) is 5.92 Å². The van der Waals surface area contributed by atoms with Crippen molar-refractivity contribution in [1.29, 1.82) is 0 Å². The molecule has 0 aliphatic rings. The summed E-state index contributed by atoms with van der Waals surface area (Å²) in [7, 11) is 5.91. The van der Waals surface area contributed by atoms with Crippen LogP contribution in [0.15, 0.2) is 22.7 Å². The second-order valence-corrected chi connectivity index (χ2v) is 6.32. The minimum atomic E-state index is 0.496. The second kappa shape index (κ2) is 7.88. The molecule has 3 nitrogen and oxygen atoms in total. The Balaban J connectivity index is 2.61. The number of rotatable bonds is 7. The van der Waals surface area contributed by atoms with Crippen LogP contribution in [0.3, 0.4) is 0 Å². The summed E-state index contributed by atoms with van der Waals surface area (Å²) in [6.07, 6.45) is 0. The third-order valence-electron chi connectivity index (χ3n) is 3.15. The van der Waals surface area contributed by atoms with E-state index in [0.717, 1.165) is 23.3 Å². The van der Waals surface area contributed by atoms with Gasteiger partial charge in [0, 0.05) is 19.1 Å².